The molecule has 1 atom stereocenters. The molecule has 1 heterocycles. The lowest BCUT2D eigenvalue weighted by atomic mass is 10.2. The molecule has 1 aromatic rings. The molecule has 0 aliphatic rings. The van der Waals surface area contributed by atoms with E-state index in [1.807, 2.05) is 6.92 Å². The summed E-state index contributed by atoms with van der Waals surface area (Å²) in [5.74, 6) is 0. The molecule has 0 amide bonds. The average Bonchev–Trinajstić information content (AvgIpc) is 2.10. The lowest BCUT2D eigenvalue weighted by Gasteiger charge is -1.99. The first-order chi connectivity index (χ1) is 4.61. The maximum Gasteiger partial charge on any atom is 0.0856 e. The highest BCUT2D eigenvalue weighted by molar-refractivity contribution is 7.12. The zero-order valence-electron chi connectivity index (χ0n) is 6.51. The quantitative estimate of drug-likeness (QED) is 0.662. The Labute approximate surface area is 65.3 Å². The maximum atomic E-state index is 9.23. The standard InChI is InChI=1S/C8H12OS/c1-5-4-6(2)10-8(5)7(3)9/h4,7,9H,1-3H3/t7-/m1/s1. The molecule has 0 unspecified atom stereocenters. The van der Waals surface area contributed by atoms with Gasteiger partial charge < -0.3 is 5.11 Å². The molecule has 1 N–H and O–H groups in total. The summed E-state index contributed by atoms with van der Waals surface area (Å²) in [6.45, 7) is 5.90. The summed E-state index contributed by atoms with van der Waals surface area (Å²) in [6.07, 6.45) is -0.307. The predicted molar refractivity (Wildman–Crippen MR) is 44.4 cm³/mol. The molecular weight excluding hydrogens is 144 g/mol. The first-order valence-corrected chi connectivity index (χ1v) is 4.18. The smallest absolute Gasteiger partial charge is 0.0856 e. The third kappa shape index (κ3) is 1.39. The van der Waals surface area contributed by atoms with Gasteiger partial charge >= 0.3 is 0 Å². The summed E-state index contributed by atoms with van der Waals surface area (Å²) < 4.78 is 0. The topological polar surface area (TPSA) is 20.2 Å². The minimum Gasteiger partial charge on any atom is -0.388 e. The van der Waals surface area contributed by atoms with E-state index in [1.165, 1.54) is 10.4 Å². The Bertz CT molecular complexity index is 225. The fourth-order valence-electron chi connectivity index (χ4n) is 1.07. The molecule has 1 nitrogen and oxygen atoms in total. The zero-order valence-corrected chi connectivity index (χ0v) is 7.33. The number of rotatable bonds is 1. The summed E-state index contributed by atoms with van der Waals surface area (Å²) in [7, 11) is 0. The van der Waals surface area contributed by atoms with E-state index < -0.39 is 0 Å². The van der Waals surface area contributed by atoms with Crippen LogP contribution in [0.4, 0.5) is 0 Å². The van der Waals surface area contributed by atoms with E-state index in [4.69, 9.17) is 0 Å². The van der Waals surface area contributed by atoms with E-state index in [9.17, 15) is 5.11 Å². The molecule has 0 fully saturated rings. The van der Waals surface area contributed by atoms with Gasteiger partial charge in [-0.15, -0.1) is 11.3 Å². The molecular formula is C8H12OS. The van der Waals surface area contributed by atoms with E-state index in [1.54, 1.807) is 18.3 Å². The third-order valence-electron chi connectivity index (χ3n) is 1.46. The number of hydrogen-bond donors (Lipinski definition) is 1. The molecule has 0 aromatic carbocycles. The van der Waals surface area contributed by atoms with Crippen molar-refractivity contribution in [3.05, 3.63) is 21.4 Å². The summed E-state index contributed by atoms with van der Waals surface area (Å²) in [4.78, 5) is 2.37. The Kier molecular flexibility index (Phi) is 2.11. The van der Waals surface area contributed by atoms with Crippen LogP contribution in [0.5, 0.6) is 0 Å². The summed E-state index contributed by atoms with van der Waals surface area (Å²) in [5.41, 5.74) is 1.21. The molecule has 1 rings (SSSR count). The molecule has 0 spiro atoms. The Balaban J connectivity index is 3.03. The number of aliphatic hydroxyl groups excluding tert-OH is 1. The molecule has 10 heavy (non-hydrogen) atoms. The van der Waals surface area contributed by atoms with Crippen LogP contribution >= 0.6 is 11.3 Å². The second-order valence-corrected chi connectivity index (χ2v) is 3.87. The molecule has 0 saturated heterocycles. The molecule has 0 bridgehead atoms. The van der Waals surface area contributed by atoms with Crippen LogP contribution in [0.15, 0.2) is 6.07 Å². The van der Waals surface area contributed by atoms with Crippen molar-refractivity contribution in [3.63, 3.8) is 0 Å². The lowest BCUT2D eigenvalue weighted by Crippen LogP contribution is -1.87. The zero-order chi connectivity index (χ0) is 7.72. The molecule has 0 radical (unpaired) electrons. The molecule has 56 valence electrons. The first kappa shape index (κ1) is 7.76. The molecule has 0 saturated carbocycles. The van der Waals surface area contributed by atoms with Gasteiger partial charge in [-0.2, -0.15) is 0 Å². The van der Waals surface area contributed by atoms with Gasteiger partial charge in [-0.3, -0.25) is 0 Å². The van der Waals surface area contributed by atoms with E-state index in [0.717, 1.165) is 4.88 Å². The Morgan fingerprint density at radius 1 is 1.50 bits per heavy atom. The van der Waals surface area contributed by atoms with Crippen molar-refractivity contribution in [2.24, 2.45) is 0 Å². The van der Waals surface area contributed by atoms with E-state index in [0.29, 0.717) is 0 Å². The molecule has 2 heteroatoms. The highest BCUT2D eigenvalue weighted by atomic mass is 32.1. The van der Waals surface area contributed by atoms with Gasteiger partial charge in [0.2, 0.25) is 0 Å². The Morgan fingerprint density at radius 2 is 2.10 bits per heavy atom. The Hall–Kier alpha value is -0.340. The number of thiophene rings is 1. The Morgan fingerprint density at radius 3 is 2.30 bits per heavy atom. The van der Waals surface area contributed by atoms with Crippen molar-refractivity contribution in [2.75, 3.05) is 0 Å². The van der Waals surface area contributed by atoms with Crippen LogP contribution in [-0.4, -0.2) is 5.11 Å². The number of aryl methyl sites for hydroxylation is 2. The second kappa shape index (κ2) is 2.72. The second-order valence-electron chi connectivity index (χ2n) is 2.58. The minimum atomic E-state index is -0.307. The fourth-order valence-corrected chi connectivity index (χ4v) is 2.05. The minimum absolute atomic E-state index is 0.307. The molecule has 0 aliphatic heterocycles. The number of hydrogen-bond acceptors (Lipinski definition) is 2. The monoisotopic (exact) mass is 156 g/mol. The van der Waals surface area contributed by atoms with Crippen LogP contribution < -0.4 is 0 Å². The van der Waals surface area contributed by atoms with Gasteiger partial charge in [0.05, 0.1) is 6.10 Å². The van der Waals surface area contributed by atoms with E-state index in [-0.39, 0.29) is 6.10 Å². The molecule has 0 aliphatic carbocycles. The first-order valence-electron chi connectivity index (χ1n) is 3.36. The SMILES string of the molecule is Cc1cc(C)c([C@@H](C)O)s1. The highest BCUT2D eigenvalue weighted by Crippen LogP contribution is 2.26. The summed E-state index contributed by atoms with van der Waals surface area (Å²) >= 11 is 1.67. The van der Waals surface area contributed by atoms with Crippen molar-refractivity contribution < 1.29 is 5.11 Å². The van der Waals surface area contributed by atoms with Crippen LogP contribution in [0.2, 0.25) is 0 Å². The van der Waals surface area contributed by atoms with Gasteiger partial charge in [0.1, 0.15) is 0 Å². The number of aliphatic hydroxyl groups is 1. The van der Waals surface area contributed by atoms with Gasteiger partial charge in [0.25, 0.3) is 0 Å². The van der Waals surface area contributed by atoms with Crippen LogP contribution in [0.25, 0.3) is 0 Å². The normalized spacial score (nSPS) is 13.6. The van der Waals surface area contributed by atoms with Gasteiger partial charge in [0.15, 0.2) is 0 Å². The largest absolute Gasteiger partial charge is 0.388 e. The van der Waals surface area contributed by atoms with Crippen molar-refractivity contribution in [1.29, 1.82) is 0 Å². The highest BCUT2D eigenvalue weighted by Gasteiger charge is 2.06. The lowest BCUT2D eigenvalue weighted by molar-refractivity contribution is 0.202. The van der Waals surface area contributed by atoms with Gasteiger partial charge in [-0.05, 0) is 32.4 Å². The van der Waals surface area contributed by atoms with Crippen molar-refractivity contribution in [2.45, 2.75) is 26.9 Å². The van der Waals surface area contributed by atoms with Crippen LogP contribution in [0, 0.1) is 13.8 Å². The fraction of sp³-hybridized carbons (Fsp3) is 0.500. The van der Waals surface area contributed by atoms with Crippen molar-refractivity contribution >= 4 is 11.3 Å². The van der Waals surface area contributed by atoms with Crippen LogP contribution in [-0.2, 0) is 0 Å². The van der Waals surface area contributed by atoms with E-state index >= 15 is 0 Å². The van der Waals surface area contributed by atoms with Crippen LogP contribution in [0.1, 0.15) is 28.3 Å². The van der Waals surface area contributed by atoms with Gasteiger partial charge in [-0.1, -0.05) is 0 Å². The summed E-state index contributed by atoms with van der Waals surface area (Å²) in [6, 6.07) is 2.10. The summed E-state index contributed by atoms with van der Waals surface area (Å²) in [5, 5.41) is 9.23. The van der Waals surface area contributed by atoms with Gasteiger partial charge in [-0.25, -0.2) is 0 Å². The molecule has 1 aromatic heterocycles. The predicted octanol–water partition coefficient (Wildman–Crippen LogP) is 2.42. The van der Waals surface area contributed by atoms with E-state index in [2.05, 4.69) is 13.0 Å². The van der Waals surface area contributed by atoms with Gasteiger partial charge in [0, 0.05) is 9.75 Å². The third-order valence-corrected chi connectivity index (χ3v) is 2.78. The average molecular weight is 156 g/mol. The van der Waals surface area contributed by atoms with Crippen molar-refractivity contribution in [1.82, 2.24) is 0 Å². The van der Waals surface area contributed by atoms with Crippen LogP contribution in [0.3, 0.4) is 0 Å². The maximum absolute atomic E-state index is 9.23. The van der Waals surface area contributed by atoms with Crippen molar-refractivity contribution in [3.8, 4) is 0 Å².